The molecule has 0 radical (unpaired) electrons. The van der Waals surface area contributed by atoms with E-state index >= 15 is 0 Å². The molecule has 0 amide bonds. The summed E-state index contributed by atoms with van der Waals surface area (Å²) in [6.07, 6.45) is 5.30. The second kappa shape index (κ2) is 5.63. The average molecular weight is 277 g/mol. The number of para-hydroxylation sites is 1. The zero-order valence-electron chi connectivity index (χ0n) is 11.7. The van der Waals surface area contributed by atoms with Crippen LogP contribution in [0.3, 0.4) is 0 Å². The number of nitriles is 1. The number of pyridine rings is 1. The first kappa shape index (κ1) is 13.1. The molecule has 5 nitrogen and oxygen atoms in total. The molecular formula is C16H15N5. The second-order valence-electron chi connectivity index (χ2n) is 4.95. The molecule has 0 aliphatic rings. The van der Waals surface area contributed by atoms with Crippen LogP contribution in [-0.4, -0.2) is 20.8 Å². The highest BCUT2D eigenvalue weighted by Gasteiger charge is 2.11. The molecule has 3 rings (SSSR count). The fourth-order valence-electron chi connectivity index (χ4n) is 2.36. The van der Waals surface area contributed by atoms with E-state index in [-0.39, 0.29) is 6.04 Å². The average Bonchev–Trinajstić information content (AvgIpc) is 3.00. The van der Waals surface area contributed by atoms with Gasteiger partial charge in [0.2, 0.25) is 0 Å². The lowest BCUT2D eigenvalue weighted by Crippen LogP contribution is -2.23. The maximum absolute atomic E-state index is 9.30. The number of rotatable bonds is 4. The molecule has 2 heterocycles. The minimum Gasteiger partial charge on any atom is -0.379 e. The van der Waals surface area contributed by atoms with Crippen LogP contribution < -0.4 is 5.32 Å². The Kier molecular flexibility index (Phi) is 3.52. The topological polar surface area (TPSA) is 66.5 Å². The number of fused-ring (bicyclic) bond motifs is 1. The fraction of sp³-hybridized carbons (Fsp3) is 0.188. The molecule has 1 N–H and O–H groups in total. The minimum atomic E-state index is 0.141. The van der Waals surface area contributed by atoms with Gasteiger partial charge in [0.05, 0.1) is 23.3 Å². The molecule has 0 fully saturated rings. The Bertz CT molecular complexity index is 786. The Morgan fingerprint density at radius 1 is 1.33 bits per heavy atom. The summed E-state index contributed by atoms with van der Waals surface area (Å²) in [5, 5.41) is 17.9. The van der Waals surface area contributed by atoms with E-state index in [1.54, 1.807) is 12.4 Å². The van der Waals surface area contributed by atoms with Crippen LogP contribution in [0.4, 0.5) is 5.69 Å². The summed E-state index contributed by atoms with van der Waals surface area (Å²) in [6.45, 7) is 2.80. The van der Waals surface area contributed by atoms with Crippen molar-refractivity contribution in [3.8, 4) is 6.07 Å². The Labute approximate surface area is 122 Å². The predicted octanol–water partition coefficient (Wildman–Crippen LogP) is 2.80. The van der Waals surface area contributed by atoms with E-state index in [2.05, 4.69) is 28.4 Å². The largest absolute Gasteiger partial charge is 0.379 e. The highest BCUT2D eigenvalue weighted by Crippen LogP contribution is 2.26. The van der Waals surface area contributed by atoms with Crippen molar-refractivity contribution in [2.45, 2.75) is 19.5 Å². The highest BCUT2D eigenvalue weighted by atomic mass is 15.3. The van der Waals surface area contributed by atoms with Crippen molar-refractivity contribution in [3.05, 3.63) is 54.5 Å². The molecule has 1 aromatic carbocycles. The zero-order valence-corrected chi connectivity index (χ0v) is 11.7. The number of hydrogen-bond acceptors (Lipinski definition) is 4. The van der Waals surface area contributed by atoms with E-state index in [1.807, 2.05) is 41.2 Å². The van der Waals surface area contributed by atoms with Crippen molar-refractivity contribution < 1.29 is 0 Å². The smallest absolute Gasteiger partial charge is 0.103 e. The first-order valence-corrected chi connectivity index (χ1v) is 6.80. The van der Waals surface area contributed by atoms with Crippen LogP contribution in [-0.2, 0) is 6.54 Å². The molecule has 0 aliphatic carbocycles. The van der Waals surface area contributed by atoms with Gasteiger partial charge >= 0.3 is 0 Å². The summed E-state index contributed by atoms with van der Waals surface area (Å²) in [7, 11) is 0. The molecule has 1 atom stereocenters. The van der Waals surface area contributed by atoms with Gasteiger partial charge in [0, 0.05) is 30.0 Å². The molecule has 5 heteroatoms. The molecule has 0 bridgehead atoms. The standard InChI is InChI=1S/C16H15N5/c1-12(11-21-8-4-7-19-21)20-16-13(9-17)10-18-15-6-3-2-5-14(15)16/h2-8,10,12H,11H2,1H3,(H,18,20). The lowest BCUT2D eigenvalue weighted by molar-refractivity contribution is 0.561. The van der Waals surface area contributed by atoms with Crippen molar-refractivity contribution in [1.29, 1.82) is 5.26 Å². The van der Waals surface area contributed by atoms with Crippen LogP contribution in [0.15, 0.2) is 48.9 Å². The summed E-state index contributed by atoms with van der Waals surface area (Å²) in [6, 6.07) is 12.1. The Morgan fingerprint density at radius 3 is 2.95 bits per heavy atom. The van der Waals surface area contributed by atoms with Crippen molar-refractivity contribution >= 4 is 16.6 Å². The van der Waals surface area contributed by atoms with Gasteiger partial charge in [-0.2, -0.15) is 10.4 Å². The third-order valence-electron chi connectivity index (χ3n) is 3.31. The van der Waals surface area contributed by atoms with Crippen LogP contribution in [0.5, 0.6) is 0 Å². The van der Waals surface area contributed by atoms with Gasteiger partial charge in [0.1, 0.15) is 6.07 Å². The molecule has 0 saturated heterocycles. The van der Waals surface area contributed by atoms with E-state index in [0.29, 0.717) is 5.56 Å². The number of benzene rings is 1. The third-order valence-corrected chi connectivity index (χ3v) is 3.31. The second-order valence-corrected chi connectivity index (χ2v) is 4.95. The Morgan fingerprint density at radius 2 is 2.19 bits per heavy atom. The number of aromatic nitrogens is 3. The van der Waals surface area contributed by atoms with Crippen LogP contribution in [0.1, 0.15) is 12.5 Å². The number of hydrogen-bond donors (Lipinski definition) is 1. The molecular weight excluding hydrogens is 262 g/mol. The van der Waals surface area contributed by atoms with E-state index in [1.165, 1.54) is 0 Å². The van der Waals surface area contributed by atoms with Crippen LogP contribution in [0.25, 0.3) is 10.9 Å². The zero-order chi connectivity index (χ0) is 14.7. The normalized spacial score (nSPS) is 12.0. The van der Waals surface area contributed by atoms with Gasteiger partial charge in [-0.3, -0.25) is 9.67 Å². The molecule has 0 spiro atoms. The molecule has 0 aliphatic heterocycles. The van der Waals surface area contributed by atoms with Gasteiger partial charge in [-0.05, 0) is 19.1 Å². The maximum Gasteiger partial charge on any atom is 0.103 e. The molecule has 21 heavy (non-hydrogen) atoms. The SMILES string of the molecule is CC(Cn1cccn1)Nc1c(C#N)cnc2ccccc12. The first-order valence-electron chi connectivity index (χ1n) is 6.80. The number of nitrogens with one attached hydrogen (secondary N) is 1. The van der Waals surface area contributed by atoms with E-state index in [0.717, 1.165) is 23.1 Å². The highest BCUT2D eigenvalue weighted by molar-refractivity contribution is 5.93. The summed E-state index contributed by atoms with van der Waals surface area (Å²) < 4.78 is 1.87. The predicted molar refractivity (Wildman–Crippen MR) is 81.8 cm³/mol. The summed E-state index contributed by atoms with van der Waals surface area (Å²) >= 11 is 0. The van der Waals surface area contributed by atoms with Crippen LogP contribution in [0, 0.1) is 11.3 Å². The molecule has 1 unspecified atom stereocenters. The minimum absolute atomic E-state index is 0.141. The van der Waals surface area contributed by atoms with E-state index < -0.39 is 0 Å². The maximum atomic E-state index is 9.30. The fourth-order valence-corrected chi connectivity index (χ4v) is 2.36. The molecule has 104 valence electrons. The Balaban J connectivity index is 1.93. The number of anilines is 1. The van der Waals surface area contributed by atoms with Gasteiger partial charge in [-0.25, -0.2) is 0 Å². The lowest BCUT2D eigenvalue weighted by atomic mass is 10.1. The van der Waals surface area contributed by atoms with Crippen molar-refractivity contribution in [2.75, 3.05) is 5.32 Å². The Hall–Kier alpha value is -2.87. The van der Waals surface area contributed by atoms with Crippen LogP contribution >= 0.6 is 0 Å². The number of nitrogens with zero attached hydrogens (tertiary/aromatic N) is 4. The van der Waals surface area contributed by atoms with Gasteiger partial charge in [-0.15, -0.1) is 0 Å². The van der Waals surface area contributed by atoms with Crippen LogP contribution in [0.2, 0.25) is 0 Å². The lowest BCUT2D eigenvalue weighted by Gasteiger charge is -2.17. The van der Waals surface area contributed by atoms with Gasteiger partial charge in [0.15, 0.2) is 0 Å². The molecule has 2 aromatic heterocycles. The van der Waals surface area contributed by atoms with E-state index in [9.17, 15) is 5.26 Å². The monoisotopic (exact) mass is 277 g/mol. The van der Waals surface area contributed by atoms with Gasteiger partial charge in [0.25, 0.3) is 0 Å². The summed E-state index contributed by atoms with van der Waals surface area (Å²) in [4.78, 5) is 4.32. The van der Waals surface area contributed by atoms with Gasteiger partial charge < -0.3 is 5.32 Å². The summed E-state index contributed by atoms with van der Waals surface area (Å²) in [5.41, 5.74) is 2.27. The van der Waals surface area contributed by atoms with E-state index in [4.69, 9.17) is 0 Å². The molecule has 0 saturated carbocycles. The third kappa shape index (κ3) is 2.70. The summed E-state index contributed by atoms with van der Waals surface area (Å²) in [5.74, 6) is 0. The quantitative estimate of drug-likeness (QED) is 0.796. The van der Waals surface area contributed by atoms with Crippen molar-refractivity contribution in [2.24, 2.45) is 0 Å². The molecule has 3 aromatic rings. The van der Waals surface area contributed by atoms with Gasteiger partial charge in [-0.1, -0.05) is 18.2 Å². The first-order chi connectivity index (χ1) is 10.3. The van der Waals surface area contributed by atoms with Crippen molar-refractivity contribution in [3.63, 3.8) is 0 Å². The van der Waals surface area contributed by atoms with Crippen molar-refractivity contribution in [1.82, 2.24) is 14.8 Å².